The summed E-state index contributed by atoms with van der Waals surface area (Å²) in [5.74, 6) is 1.06. The van der Waals surface area contributed by atoms with Gasteiger partial charge in [0.1, 0.15) is 18.3 Å². The molecule has 0 bridgehead atoms. The summed E-state index contributed by atoms with van der Waals surface area (Å²) in [4.78, 5) is 36.8. The molecule has 5 saturated carbocycles. The van der Waals surface area contributed by atoms with Crippen LogP contribution in [-0.4, -0.2) is 36.2 Å². The van der Waals surface area contributed by atoms with Gasteiger partial charge in [0.25, 0.3) is 0 Å². The van der Waals surface area contributed by atoms with E-state index >= 15 is 0 Å². The molecule has 0 spiro atoms. The topological polar surface area (TPSA) is 78.9 Å². The second-order valence-electron chi connectivity index (χ2n) is 17.5. The lowest BCUT2D eigenvalue weighted by molar-refractivity contribution is -0.282. The molecule has 6 heteroatoms. The number of hydrogen-bond donors (Lipinski definition) is 0. The predicted octanol–water partition coefficient (Wildman–Crippen LogP) is 7.90. The Morgan fingerprint density at radius 1 is 0.548 bits per heavy atom. The third-order valence-corrected chi connectivity index (χ3v) is 14.7. The quantitative estimate of drug-likeness (QED) is 0.247. The Morgan fingerprint density at radius 3 is 1.60 bits per heavy atom. The number of carbonyl (C=O) groups is 3. The molecule has 0 N–H and O–H groups in total. The monoisotopic (exact) mass is 586 g/mol. The van der Waals surface area contributed by atoms with E-state index in [0.29, 0.717) is 23.7 Å². The second kappa shape index (κ2) is 9.96. The first-order valence-corrected chi connectivity index (χ1v) is 16.8. The van der Waals surface area contributed by atoms with Crippen molar-refractivity contribution in [2.45, 2.75) is 152 Å². The molecule has 0 saturated heterocycles. The van der Waals surface area contributed by atoms with Gasteiger partial charge in [-0.15, -0.1) is 0 Å². The molecule has 0 aromatic carbocycles. The first kappa shape index (κ1) is 31.8. The van der Waals surface area contributed by atoms with Gasteiger partial charge in [0, 0.05) is 37.5 Å². The molecule has 5 aliphatic carbocycles. The Labute approximate surface area is 254 Å². The molecule has 6 nitrogen and oxygen atoms in total. The van der Waals surface area contributed by atoms with Gasteiger partial charge in [-0.1, -0.05) is 55.4 Å². The van der Waals surface area contributed by atoms with E-state index in [-0.39, 0.29) is 56.5 Å². The lowest BCUT2D eigenvalue weighted by atomic mass is 9.30. The Balaban J connectivity index is 1.52. The molecule has 0 aliphatic heterocycles. The van der Waals surface area contributed by atoms with Gasteiger partial charge in [-0.25, -0.2) is 0 Å². The molecular formula is C36H58O6. The minimum Gasteiger partial charge on any atom is -0.462 e. The number of carbonyl (C=O) groups excluding carboxylic acids is 3. The lowest BCUT2D eigenvalue weighted by Gasteiger charge is -2.74. The van der Waals surface area contributed by atoms with Gasteiger partial charge in [-0.2, -0.15) is 0 Å². The van der Waals surface area contributed by atoms with Crippen LogP contribution in [0.2, 0.25) is 0 Å². The minimum atomic E-state index is -0.439. The highest BCUT2D eigenvalue weighted by molar-refractivity contribution is 5.67. The Kier molecular flexibility index (Phi) is 7.55. The molecule has 0 aromatic heterocycles. The molecule has 0 heterocycles. The first-order valence-electron chi connectivity index (χ1n) is 16.8. The standard InChI is InChI=1S/C36H58O6/c1-21(37)40-25-20-34(9)26(32(6,7)30(25)42-23(3)39)15-17-36(11)28(34)13-12-27-33(8)19-18-31(4,5)29(41-22(2)38)24(33)14-16-35(27,36)10/h24-30H,12-20H2,1-11H3/t24-,25-,26+,27+,28+,29-,30+,33-,34+,35+,36+/m1/s1. The fraction of sp³-hybridized carbons (Fsp3) is 0.917. The molecule has 0 radical (unpaired) electrons. The summed E-state index contributed by atoms with van der Waals surface area (Å²) < 4.78 is 18.1. The van der Waals surface area contributed by atoms with Gasteiger partial charge >= 0.3 is 17.9 Å². The van der Waals surface area contributed by atoms with Gasteiger partial charge < -0.3 is 14.2 Å². The maximum atomic E-state index is 12.3. The fourth-order valence-corrected chi connectivity index (χ4v) is 12.9. The lowest BCUT2D eigenvalue weighted by Crippen LogP contribution is -2.70. The summed E-state index contributed by atoms with van der Waals surface area (Å²) in [6.07, 6.45) is 8.97. The normalized spacial score (nSPS) is 48.8. The van der Waals surface area contributed by atoms with Crippen LogP contribution in [0.3, 0.4) is 0 Å². The van der Waals surface area contributed by atoms with Gasteiger partial charge in [-0.05, 0) is 97.2 Å². The highest BCUT2D eigenvalue weighted by atomic mass is 16.6. The zero-order valence-corrected chi connectivity index (χ0v) is 28.4. The number of hydrogen-bond acceptors (Lipinski definition) is 6. The summed E-state index contributed by atoms with van der Waals surface area (Å²) in [5.41, 5.74) is 0.103. The van der Waals surface area contributed by atoms with Crippen LogP contribution in [0.1, 0.15) is 134 Å². The summed E-state index contributed by atoms with van der Waals surface area (Å²) in [6.45, 7) is 23.8. The van der Waals surface area contributed by atoms with Crippen LogP contribution < -0.4 is 0 Å². The molecule has 238 valence electrons. The molecule has 0 aromatic rings. The third-order valence-electron chi connectivity index (χ3n) is 14.7. The van der Waals surface area contributed by atoms with Crippen LogP contribution in [0.15, 0.2) is 0 Å². The largest absolute Gasteiger partial charge is 0.462 e. The van der Waals surface area contributed by atoms with Crippen LogP contribution in [-0.2, 0) is 28.6 Å². The summed E-state index contributed by atoms with van der Waals surface area (Å²) in [5, 5.41) is 0. The Hall–Kier alpha value is -1.59. The van der Waals surface area contributed by atoms with Crippen molar-refractivity contribution in [2.75, 3.05) is 0 Å². The van der Waals surface area contributed by atoms with E-state index in [1.165, 1.54) is 33.1 Å². The first-order chi connectivity index (χ1) is 19.2. The Bertz CT molecular complexity index is 1130. The highest BCUT2D eigenvalue weighted by Crippen LogP contribution is 2.77. The minimum absolute atomic E-state index is 0.00584. The van der Waals surface area contributed by atoms with Crippen molar-refractivity contribution in [3.8, 4) is 0 Å². The molecular weight excluding hydrogens is 528 g/mol. The maximum Gasteiger partial charge on any atom is 0.303 e. The number of esters is 3. The molecule has 11 atom stereocenters. The van der Waals surface area contributed by atoms with Crippen LogP contribution in [0, 0.1) is 56.2 Å². The SMILES string of the molecule is CC(=O)O[C@@H]1[C@H]2CC[C@@]3(C)[C@@H](CC[C@H]4[C@@]5(C)C[C@@H](OC(C)=O)[C@H](OC(C)=O)C(C)(C)[C@@H]5CC[C@@]43C)[C@]2(C)CCC1(C)C. The van der Waals surface area contributed by atoms with E-state index in [1.807, 2.05) is 0 Å². The van der Waals surface area contributed by atoms with Gasteiger partial charge in [-0.3, -0.25) is 14.4 Å². The van der Waals surface area contributed by atoms with Crippen molar-refractivity contribution in [1.29, 1.82) is 0 Å². The Morgan fingerprint density at radius 2 is 1.05 bits per heavy atom. The molecule has 42 heavy (non-hydrogen) atoms. The van der Waals surface area contributed by atoms with Crippen LogP contribution in [0.4, 0.5) is 0 Å². The van der Waals surface area contributed by atoms with Crippen LogP contribution in [0.5, 0.6) is 0 Å². The second-order valence-corrected chi connectivity index (χ2v) is 17.5. The van der Waals surface area contributed by atoms with Crippen LogP contribution in [0.25, 0.3) is 0 Å². The van der Waals surface area contributed by atoms with E-state index in [1.54, 1.807) is 6.92 Å². The zero-order chi connectivity index (χ0) is 31.3. The van der Waals surface area contributed by atoms with E-state index < -0.39 is 12.2 Å². The van der Waals surface area contributed by atoms with E-state index in [2.05, 4.69) is 55.4 Å². The fourth-order valence-electron chi connectivity index (χ4n) is 12.9. The highest BCUT2D eigenvalue weighted by Gasteiger charge is 2.72. The zero-order valence-electron chi connectivity index (χ0n) is 28.4. The molecule has 5 aliphatic rings. The van der Waals surface area contributed by atoms with Crippen LogP contribution >= 0.6 is 0 Å². The van der Waals surface area contributed by atoms with Gasteiger partial charge in [0.15, 0.2) is 0 Å². The number of rotatable bonds is 3. The van der Waals surface area contributed by atoms with Gasteiger partial charge in [0.05, 0.1) is 0 Å². The molecule has 5 rings (SSSR count). The van der Waals surface area contributed by atoms with Crippen molar-refractivity contribution >= 4 is 17.9 Å². The average Bonchev–Trinajstić information content (AvgIpc) is 2.83. The number of ether oxygens (including phenoxy) is 3. The van der Waals surface area contributed by atoms with Crippen molar-refractivity contribution in [3.63, 3.8) is 0 Å². The van der Waals surface area contributed by atoms with E-state index in [0.717, 1.165) is 38.5 Å². The summed E-state index contributed by atoms with van der Waals surface area (Å²) >= 11 is 0. The van der Waals surface area contributed by atoms with Crippen molar-refractivity contribution < 1.29 is 28.6 Å². The smallest absolute Gasteiger partial charge is 0.303 e. The number of fused-ring (bicyclic) bond motifs is 7. The summed E-state index contributed by atoms with van der Waals surface area (Å²) in [7, 11) is 0. The van der Waals surface area contributed by atoms with E-state index in [9.17, 15) is 14.4 Å². The average molecular weight is 587 g/mol. The van der Waals surface area contributed by atoms with Gasteiger partial charge in [0.2, 0.25) is 0 Å². The maximum absolute atomic E-state index is 12.3. The third kappa shape index (κ3) is 4.41. The molecule has 5 fully saturated rings. The molecule has 0 amide bonds. The van der Waals surface area contributed by atoms with Crippen molar-refractivity contribution in [3.05, 3.63) is 0 Å². The summed E-state index contributed by atoms with van der Waals surface area (Å²) in [6, 6.07) is 0. The predicted molar refractivity (Wildman–Crippen MR) is 162 cm³/mol. The van der Waals surface area contributed by atoms with Crippen molar-refractivity contribution in [1.82, 2.24) is 0 Å². The molecule has 0 unspecified atom stereocenters. The van der Waals surface area contributed by atoms with E-state index in [4.69, 9.17) is 14.2 Å². The van der Waals surface area contributed by atoms with Crippen molar-refractivity contribution in [2.24, 2.45) is 56.2 Å².